The maximum atomic E-state index is 12.5. The van der Waals surface area contributed by atoms with E-state index in [1.807, 2.05) is 24.3 Å². The van der Waals surface area contributed by atoms with E-state index >= 15 is 0 Å². The van der Waals surface area contributed by atoms with Crippen molar-refractivity contribution in [3.63, 3.8) is 0 Å². The molecule has 0 bridgehead atoms. The summed E-state index contributed by atoms with van der Waals surface area (Å²) in [6.07, 6.45) is 0.837. The summed E-state index contributed by atoms with van der Waals surface area (Å²) in [4.78, 5) is 26.7. The Balaban J connectivity index is 1.69. The minimum absolute atomic E-state index is 0.0579. The van der Waals surface area contributed by atoms with Gasteiger partial charge in [-0.05, 0) is 52.8 Å². The highest BCUT2D eigenvalue weighted by atomic mass is 127. The summed E-state index contributed by atoms with van der Waals surface area (Å²) in [6, 6.07) is 11.2. The van der Waals surface area contributed by atoms with Crippen molar-refractivity contribution in [2.45, 2.75) is 6.42 Å². The normalized spacial score (nSPS) is 12.5. The zero-order valence-corrected chi connectivity index (χ0v) is 16.7. The van der Waals surface area contributed by atoms with Gasteiger partial charge in [0.15, 0.2) is 11.5 Å². The third-order valence-corrected chi connectivity index (χ3v) is 5.20. The second-order valence-corrected chi connectivity index (χ2v) is 6.96. The molecule has 136 valence electrons. The summed E-state index contributed by atoms with van der Waals surface area (Å²) in [5.41, 5.74) is 2.52. The fourth-order valence-electron chi connectivity index (χ4n) is 2.97. The molecule has 26 heavy (non-hydrogen) atoms. The Morgan fingerprint density at radius 2 is 1.85 bits per heavy atom. The van der Waals surface area contributed by atoms with Gasteiger partial charge >= 0.3 is 0 Å². The summed E-state index contributed by atoms with van der Waals surface area (Å²) in [6.45, 7) is 0.583. The number of hydrogen-bond acceptors (Lipinski definition) is 4. The topological polar surface area (TPSA) is 67.9 Å². The van der Waals surface area contributed by atoms with Gasteiger partial charge in [-0.1, -0.05) is 18.2 Å². The van der Waals surface area contributed by atoms with Crippen LogP contribution in [0.4, 0.5) is 5.69 Å². The van der Waals surface area contributed by atoms with Gasteiger partial charge < -0.3 is 19.7 Å². The fraction of sp³-hybridized carbons (Fsp3) is 0.263. The number of anilines is 1. The van der Waals surface area contributed by atoms with E-state index in [-0.39, 0.29) is 18.4 Å². The van der Waals surface area contributed by atoms with Crippen molar-refractivity contribution in [3.05, 3.63) is 51.1 Å². The molecule has 0 atom stereocenters. The Kier molecular flexibility index (Phi) is 5.65. The third kappa shape index (κ3) is 3.62. The quantitative estimate of drug-likeness (QED) is 0.689. The van der Waals surface area contributed by atoms with Gasteiger partial charge in [-0.15, -0.1) is 0 Å². The monoisotopic (exact) mass is 466 g/mol. The highest BCUT2D eigenvalue weighted by Crippen LogP contribution is 2.31. The lowest BCUT2D eigenvalue weighted by Crippen LogP contribution is -2.39. The summed E-state index contributed by atoms with van der Waals surface area (Å²) < 4.78 is 11.2. The number of rotatable bonds is 5. The van der Waals surface area contributed by atoms with Crippen LogP contribution in [0.25, 0.3) is 0 Å². The van der Waals surface area contributed by atoms with Crippen LogP contribution in [0.1, 0.15) is 15.9 Å². The van der Waals surface area contributed by atoms with Gasteiger partial charge in [0.05, 0.1) is 26.3 Å². The van der Waals surface area contributed by atoms with Crippen LogP contribution in [0.5, 0.6) is 11.5 Å². The molecule has 2 aromatic carbocycles. The number of methoxy groups -OCH3 is 2. The molecule has 1 aliphatic rings. The van der Waals surface area contributed by atoms with Gasteiger partial charge in [0.2, 0.25) is 5.91 Å². The van der Waals surface area contributed by atoms with Crippen LogP contribution in [-0.4, -0.2) is 39.1 Å². The van der Waals surface area contributed by atoms with E-state index in [1.165, 1.54) is 7.11 Å². The Bertz CT molecular complexity index is 853. The molecule has 0 saturated heterocycles. The molecular formula is C19H19IN2O4. The van der Waals surface area contributed by atoms with E-state index < -0.39 is 0 Å². The van der Waals surface area contributed by atoms with Crippen LogP contribution in [0, 0.1) is 3.57 Å². The van der Waals surface area contributed by atoms with Crippen LogP contribution < -0.4 is 19.7 Å². The zero-order valence-electron chi connectivity index (χ0n) is 14.5. The van der Waals surface area contributed by atoms with Gasteiger partial charge in [0.1, 0.15) is 0 Å². The number of fused-ring (bicyclic) bond motifs is 1. The highest BCUT2D eigenvalue weighted by molar-refractivity contribution is 14.1. The summed E-state index contributed by atoms with van der Waals surface area (Å²) >= 11 is 2.06. The Labute approximate surface area is 165 Å². The molecule has 7 heteroatoms. The van der Waals surface area contributed by atoms with Crippen LogP contribution >= 0.6 is 22.6 Å². The van der Waals surface area contributed by atoms with Gasteiger partial charge in [-0.2, -0.15) is 0 Å². The Morgan fingerprint density at radius 1 is 1.15 bits per heavy atom. The summed E-state index contributed by atoms with van der Waals surface area (Å²) in [5, 5.41) is 2.70. The maximum absolute atomic E-state index is 12.5. The molecule has 0 unspecified atom stereocenters. The second kappa shape index (κ2) is 7.94. The predicted molar refractivity (Wildman–Crippen MR) is 107 cm³/mol. The Morgan fingerprint density at radius 3 is 2.58 bits per heavy atom. The molecule has 0 fully saturated rings. The first-order valence-electron chi connectivity index (χ1n) is 8.13. The summed E-state index contributed by atoms with van der Waals surface area (Å²) in [7, 11) is 3.06. The van der Waals surface area contributed by atoms with Crippen molar-refractivity contribution in [1.29, 1.82) is 0 Å². The second-order valence-electron chi connectivity index (χ2n) is 5.79. The summed E-state index contributed by atoms with van der Waals surface area (Å²) in [5.74, 6) is 0.575. The average molecular weight is 466 g/mol. The molecule has 1 aliphatic heterocycles. The number of amides is 2. The maximum Gasteiger partial charge on any atom is 0.252 e. The van der Waals surface area contributed by atoms with Crippen LogP contribution in [0.2, 0.25) is 0 Å². The van der Waals surface area contributed by atoms with E-state index in [9.17, 15) is 9.59 Å². The minimum atomic E-state index is -0.323. The van der Waals surface area contributed by atoms with Crippen LogP contribution in [0.15, 0.2) is 36.4 Å². The van der Waals surface area contributed by atoms with Gasteiger partial charge in [-0.25, -0.2) is 0 Å². The van der Waals surface area contributed by atoms with Gasteiger partial charge in [0, 0.05) is 15.8 Å². The van der Waals surface area contributed by atoms with Crippen LogP contribution in [0.3, 0.4) is 0 Å². The first kappa shape index (κ1) is 18.5. The number of benzene rings is 2. The molecule has 0 spiro atoms. The standard InChI is InChI=1S/C19H19IN2O4/c1-25-16-9-13(14(20)10-17(16)26-2)19(24)21-11-18(23)22-8-7-12-5-3-4-6-15(12)22/h3-6,9-10H,7-8,11H2,1-2H3,(H,21,24). The van der Waals surface area contributed by atoms with Crippen molar-refractivity contribution in [1.82, 2.24) is 5.32 Å². The lowest BCUT2D eigenvalue weighted by Gasteiger charge is -2.18. The van der Waals surface area contributed by atoms with E-state index in [4.69, 9.17) is 9.47 Å². The van der Waals surface area contributed by atoms with Crippen molar-refractivity contribution < 1.29 is 19.1 Å². The lowest BCUT2D eigenvalue weighted by atomic mass is 10.2. The number of carbonyl (C=O) groups excluding carboxylic acids is 2. The third-order valence-electron chi connectivity index (χ3n) is 4.31. The van der Waals surface area contributed by atoms with E-state index in [1.54, 1.807) is 24.1 Å². The van der Waals surface area contributed by atoms with Gasteiger partial charge in [-0.3, -0.25) is 9.59 Å². The van der Waals surface area contributed by atoms with E-state index in [0.717, 1.165) is 21.2 Å². The number of nitrogens with one attached hydrogen (secondary N) is 1. The molecule has 0 aromatic heterocycles. The number of nitrogens with zero attached hydrogens (tertiary/aromatic N) is 1. The molecule has 0 saturated carbocycles. The number of hydrogen-bond donors (Lipinski definition) is 1. The molecule has 1 N–H and O–H groups in total. The van der Waals surface area contributed by atoms with Crippen molar-refractivity contribution in [3.8, 4) is 11.5 Å². The molecular weight excluding hydrogens is 447 g/mol. The molecule has 2 amide bonds. The van der Waals surface area contributed by atoms with E-state index in [0.29, 0.717) is 23.6 Å². The lowest BCUT2D eigenvalue weighted by molar-refractivity contribution is -0.117. The van der Waals surface area contributed by atoms with Crippen molar-refractivity contribution in [2.24, 2.45) is 0 Å². The van der Waals surface area contributed by atoms with Crippen molar-refractivity contribution in [2.75, 3.05) is 32.2 Å². The van der Waals surface area contributed by atoms with Crippen molar-refractivity contribution >= 4 is 40.1 Å². The van der Waals surface area contributed by atoms with Gasteiger partial charge in [0.25, 0.3) is 5.91 Å². The Hall–Kier alpha value is -2.29. The number of para-hydroxylation sites is 1. The number of carbonyl (C=O) groups is 2. The predicted octanol–water partition coefficient (Wildman–Crippen LogP) is 2.63. The molecule has 6 nitrogen and oxygen atoms in total. The van der Waals surface area contributed by atoms with Crippen LogP contribution in [-0.2, 0) is 11.2 Å². The number of ether oxygens (including phenoxy) is 2. The highest BCUT2D eigenvalue weighted by Gasteiger charge is 2.24. The molecule has 0 radical (unpaired) electrons. The minimum Gasteiger partial charge on any atom is -0.493 e. The zero-order chi connectivity index (χ0) is 18.7. The first-order valence-corrected chi connectivity index (χ1v) is 9.21. The van der Waals surface area contributed by atoms with E-state index in [2.05, 4.69) is 27.9 Å². The smallest absolute Gasteiger partial charge is 0.252 e. The molecule has 2 aromatic rings. The number of halogens is 1. The SMILES string of the molecule is COc1cc(I)c(C(=O)NCC(=O)N2CCc3ccccc32)cc1OC. The molecule has 1 heterocycles. The molecule has 3 rings (SSSR count). The fourth-order valence-corrected chi connectivity index (χ4v) is 3.66. The molecule has 0 aliphatic carbocycles. The average Bonchev–Trinajstić information content (AvgIpc) is 3.09. The largest absolute Gasteiger partial charge is 0.493 e. The first-order chi connectivity index (χ1) is 12.5.